The van der Waals surface area contributed by atoms with Crippen LogP contribution >= 0.6 is 0 Å². The van der Waals surface area contributed by atoms with Crippen molar-refractivity contribution < 1.29 is 4.42 Å². The largest absolute Gasteiger partial charge is 0.459 e. The van der Waals surface area contributed by atoms with E-state index in [9.17, 15) is 0 Å². The number of allylic oxidation sites excluding steroid dienone is 3. The van der Waals surface area contributed by atoms with Crippen molar-refractivity contribution in [1.29, 1.82) is 0 Å². The van der Waals surface area contributed by atoms with Gasteiger partial charge in [-0.3, -0.25) is 4.90 Å². The van der Waals surface area contributed by atoms with E-state index in [4.69, 9.17) is 4.42 Å². The van der Waals surface area contributed by atoms with Crippen LogP contribution in [0, 0.1) is 28.1 Å². The molecule has 0 radical (unpaired) electrons. The molecule has 0 amide bonds. The summed E-state index contributed by atoms with van der Waals surface area (Å²) in [6.45, 7) is 21.3. The SMILES string of the molecule is CC(C)(C)C1=CCC2C(C1)B1C3=C(C=C(C4CCCCC4)CC3N3C4C1C=C(C(C)(C)C)CC4C1(CCCCC1)C3(C)C)N2C1CCCc2c1oc1ccccc21. The zero-order valence-electron chi connectivity index (χ0n) is 37.1. The van der Waals surface area contributed by atoms with Crippen LogP contribution in [0.3, 0.4) is 0 Å². The van der Waals surface area contributed by atoms with Crippen LogP contribution in [-0.4, -0.2) is 40.2 Å². The monoisotopic (exact) mass is 765 g/mol. The second-order valence-electron chi connectivity index (χ2n) is 23.6. The highest BCUT2D eigenvalue weighted by Gasteiger charge is 2.71. The molecular formula is C53H73BN2O. The molecule has 2 aromatic rings. The molecule has 1 aromatic carbocycles. The molecule has 3 aliphatic heterocycles. The third kappa shape index (κ3) is 5.38. The van der Waals surface area contributed by atoms with Crippen LogP contribution in [-0.2, 0) is 6.42 Å². The highest BCUT2D eigenvalue weighted by Crippen LogP contribution is 2.71. The molecule has 4 heterocycles. The van der Waals surface area contributed by atoms with Gasteiger partial charge in [0.05, 0.1) is 6.04 Å². The smallest absolute Gasteiger partial charge is 0.189 e. The molecule has 7 unspecified atom stereocenters. The van der Waals surface area contributed by atoms with Crippen molar-refractivity contribution in [3.63, 3.8) is 0 Å². The highest BCUT2D eigenvalue weighted by atomic mass is 16.3. The predicted molar refractivity (Wildman–Crippen MR) is 239 cm³/mol. The molecule has 1 aromatic heterocycles. The summed E-state index contributed by atoms with van der Waals surface area (Å²) in [5, 5.41) is 1.37. The Balaban J connectivity index is 1.18. The Bertz CT molecular complexity index is 2070. The average molecular weight is 765 g/mol. The second-order valence-corrected chi connectivity index (χ2v) is 23.6. The molecule has 4 fully saturated rings. The van der Waals surface area contributed by atoms with Gasteiger partial charge < -0.3 is 9.32 Å². The van der Waals surface area contributed by atoms with Crippen LogP contribution in [0.1, 0.15) is 175 Å². The average Bonchev–Trinajstić information content (AvgIpc) is 3.66. The molecule has 4 heteroatoms. The van der Waals surface area contributed by atoms with E-state index in [2.05, 4.69) is 108 Å². The van der Waals surface area contributed by atoms with Gasteiger partial charge in [-0.1, -0.05) is 133 Å². The van der Waals surface area contributed by atoms with Crippen molar-refractivity contribution >= 4 is 17.7 Å². The minimum absolute atomic E-state index is 0.173. The fourth-order valence-corrected chi connectivity index (χ4v) is 16.1. The van der Waals surface area contributed by atoms with Gasteiger partial charge in [0.25, 0.3) is 0 Å². The quantitative estimate of drug-likeness (QED) is 0.224. The van der Waals surface area contributed by atoms with E-state index >= 15 is 0 Å². The minimum Gasteiger partial charge on any atom is -0.459 e. The fraction of sp³-hybridized carbons (Fsp3) is 0.698. The summed E-state index contributed by atoms with van der Waals surface area (Å²) in [4.78, 5) is 6.43. The van der Waals surface area contributed by atoms with Crippen molar-refractivity contribution in [2.45, 2.75) is 206 Å². The lowest BCUT2D eigenvalue weighted by molar-refractivity contribution is -0.00247. The lowest BCUT2D eigenvalue weighted by Gasteiger charge is -2.63. The van der Waals surface area contributed by atoms with Crippen LogP contribution in [0.4, 0.5) is 0 Å². The second kappa shape index (κ2) is 13.0. The van der Waals surface area contributed by atoms with Gasteiger partial charge in [-0.2, -0.15) is 0 Å². The molecule has 57 heavy (non-hydrogen) atoms. The molecule has 304 valence electrons. The predicted octanol–water partition coefficient (Wildman–Crippen LogP) is 14.0. The maximum atomic E-state index is 7.10. The fourth-order valence-electron chi connectivity index (χ4n) is 16.1. The summed E-state index contributed by atoms with van der Waals surface area (Å²) in [5.74, 6) is 4.03. The van der Waals surface area contributed by atoms with Crippen LogP contribution < -0.4 is 0 Å². The van der Waals surface area contributed by atoms with Gasteiger partial charge in [-0.05, 0) is 136 Å². The molecule has 2 saturated heterocycles. The van der Waals surface area contributed by atoms with Gasteiger partial charge >= 0.3 is 0 Å². The number of nitrogens with zero attached hydrogens (tertiary/aromatic N) is 2. The summed E-state index contributed by atoms with van der Waals surface area (Å²) in [6, 6.07) is 10.9. The van der Waals surface area contributed by atoms with Gasteiger partial charge in [0, 0.05) is 40.3 Å². The van der Waals surface area contributed by atoms with E-state index in [-0.39, 0.29) is 16.4 Å². The molecule has 11 rings (SSSR count). The minimum atomic E-state index is 0.173. The number of para-hydroxylation sites is 1. The van der Waals surface area contributed by atoms with Gasteiger partial charge in [-0.25, -0.2) is 0 Å². The number of aryl methyl sites for hydroxylation is 1. The highest BCUT2D eigenvalue weighted by molar-refractivity contribution is 6.72. The molecule has 6 aliphatic carbocycles. The summed E-state index contributed by atoms with van der Waals surface area (Å²) >= 11 is 0. The molecule has 2 saturated carbocycles. The van der Waals surface area contributed by atoms with Gasteiger partial charge in [0.2, 0.25) is 0 Å². The summed E-state index contributed by atoms with van der Waals surface area (Å²) in [6.07, 6.45) is 31.4. The normalized spacial score (nSPS) is 35.0. The van der Waals surface area contributed by atoms with Crippen LogP contribution in [0.25, 0.3) is 11.0 Å². The first-order valence-electron chi connectivity index (χ1n) is 24.2. The number of hydrogen-bond acceptors (Lipinski definition) is 3. The Morgan fingerprint density at radius 3 is 2.28 bits per heavy atom. The Hall–Kier alpha value is -2.46. The standard InChI is InChI=1S/C53H73BN2O/c1-50(2,3)35-24-25-42-40(31-35)54-41-32-36(51(4,5)6)30-39-48(41)56(52(7,8)53(39)26-15-10-16-27-53)45-29-34(33-18-11-9-12-19-33)28-44(47(45)54)55(42)43-22-17-21-38-37-20-13-14-23-46(37)57-49(38)43/h13-14,20,23-24,28,32-33,39-43,45,48H,9-12,15-19,21-22,25-27,29-31H2,1-8H3. The Labute approximate surface area is 346 Å². The van der Waals surface area contributed by atoms with Gasteiger partial charge in [0.15, 0.2) is 6.71 Å². The number of fused-ring (bicyclic) bond motifs is 8. The van der Waals surface area contributed by atoms with E-state index in [0.29, 0.717) is 47.9 Å². The third-order valence-electron chi connectivity index (χ3n) is 18.8. The topological polar surface area (TPSA) is 19.6 Å². The van der Waals surface area contributed by atoms with Gasteiger partial charge in [0.1, 0.15) is 11.3 Å². The Morgan fingerprint density at radius 1 is 0.789 bits per heavy atom. The maximum Gasteiger partial charge on any atom is 0.189 e. The van der Waals surface area contributed by atoms with Crippen molar-refractivity contribution in [3.8, 4) is 0 Å². The molecular weight excluding hydrogens is 691 g/mol. The van der Waals surface area contributed by atoms with Gasteiger partial charge in [-0.15, -0.1) is 0 Å². The summed E-state index contributed by atoms with van der Waals surface area (Å²) < 4.78 is 7.10. The van der Waals surface area contributed by atoms with Crippen LogP contribution in [0.5, 0.6) is 0 Å². The van der Waals surface area contributed by atoms with Crippen molar-refractivity contribution in [2.75, 3.05) is 0 Å². The first-order valence-corrected chi connectivity index (χ1v) is 24.2. The third-order valence-corrected chi connectivity index (χ3v) is 18.8. The number of benzene rings is 1. The van der Waals surface area contributed by atoms with Crippen LogP contribution in [0.15, 0.2) is 74.8 Å². The summed E-state index contributed by atoms with van der Waals surface area (Å²) in [5.41, 5.74) is 12.5. The molecule has 7 atom stereocenters. The zero-order valence-corrected chi connectivity index (χ0v) is 37.1. The lowest BCUT2D eigenvalue weighted by Crippen LogP contribution is -2.67. The molecule has 1 spiro atoms. The van der Waals surface area contributed by atoms with E-state index in [1.54, 1.807) is 16.8 Å². The molecule has 0 N–H and O–H groups in total. The van der Waals surface area contributed by atoms with E-state index < -0.39 is 0 Å². The lowest BCUT2D eigenvalue weighted by atomic mass is 9.22. The molecule has 0 bridgehead atoms. The van der Waals surface area contributed by atoms with Crippen molar-refractivity contribution in [3.05, 3.63) is 81.7 Å². The first-order chi connectivity index (χ1) is 27.3. The Morgan fingerprint density at radius 2 is 1.53 bits per heavy atom. The van der Waals surface area contributed by atoms with Crippen molar-refractivity contribution in [2.24, 2.45) is 28.1 Å². The number of furan rings is 1. The van der Waals surface area contributed by atoms with Crippen molar-refractivity contribution in [1.82, 2.24) is 9.80 Å². The maximum absolute atomic E-state index is 7.10. The number of rotatable bonds is 2. The molecule has 3 nitrogen and oxygen atoms in total. The molecule has 9 aliphatic rings. The van der Waals surface area contributed by atoms with E-state index in [0.717, 1.165) is 23.8 Å². The summed E-state index contributed by atoms with van der Waals surface area (Å²) in [7, 11) is 0. The van der Waals surface area contributed by atoms with Crippen LogP contribution in [0.2, 0.25) is 11.6 Å². The first kappa shape index (κ1) is 37.5. The van der Waals surface area contributed by atoms with E-state index in [1.807, 2.05) is 11.0 Å². The zero-order chi connectivity index (χ0) is 39.2. The number of hydrogen-bond donors (Lipinski definition) is 0. The Kier molecular flexibility index (Phi) is 8.58. The van der Waals surface area contributed by atoms with E-state index in [1.165, 1.54) is 119 Å².